The number of furan rings is 1. The predicted molar refractivity (Wildman–Crippen MR) is 78.3 cm³/mol. The van der Waals surface area contributed by atoms with Crippen molar-refractivity contribution in [1.29, 1.82) is 0 Å². The van der Waals surface area contributed by atoms with E-state index in [4.69, 9.17) is 19.6 Å². The maximum Gasteiger partial charge on any atom is 0.161 e. The van der Waals surface area contributed by atoms with Gasteiger partial charge in [-0.25, -0.2) is 0 Å². The minimum atomic E-state index is -0.306. The van der Waals surface area contributed by atoms with Crippen molar-refractivity contribution in [3.05, 3.63) is 47.4 Å². The molecular formula is C16H21NO3. The predicted octanol–water partition coefficient (Wildman–Crippen LogP) is 3.43. The van der Waals surface area contributed by atoms with Gasteiger partial charge in [-0.3, -0.25) is 0 Å². The molecule has 0 saturated heterocycles. The van der Waals surface area contributed by atoms with E-state index in [1.54, 1.807) is 6.26 Å². The molecule has 0 fully saturated rings. The van der Waals surface area contributed by atoms with Gasteiger partial charge >= 0.3 is 0 Å². The molecule has 0 aliphatic rings. The Morgan fingerprint density at radius 2 is 1.80 bits per heavy atom. The van der Waals surface area contributed by atoms with Crippen molar-refractivity contribution in [2.75, 3.05) is 13.2 Å². The van der Waals surface area contributed by atoms with Crippen LogP contribution in [0.2, 0.25) is 0 Å². The lowest BCUT2D eigenvalue weighted by atomic mass is 10.0. The standard InChI is InChI=1S/C16H21NO3/c1-4-18-13-7-6-12(10-14(13)19-5-2)15(17)16-11(3)8-9-20-16/h6-10,15H,4-5,17H2,1-3H3. The van der Waals surface area contributed by atoms with Crippen molar-refractivity contribution in [3.8, 4) is 11.5 Å². The highest BCUT2D eigenvalue weighted by Crippen LogP contribution is 2.32. The number of rotatable bonds is 6. The van der Waals surface area contributed by atoms with Crippen LogP contribution in [0.5, 0.6) is 11.5 Å². The zero-order valence-electron chi connectivity index (χ0n) is 12.2. The third-order valence-corrected chi connectivity index (χ3v) is 3.11. The summed E-state index contributed by atoms with van der Waals surface area (Å²) >= 11 is 0. The lowest BCUT2D eigenvalue weighted by Gasteiger charge is -2.15. The molecule has 0 aliphatic carbocycles. The van der Waals surface area contributed by atoms with Crippen molar-refractivity contribution in [2.24, 2.45) is 5.73 Å². The molecule has 0 aliphatic heterocycles. The van der Waals surface area contributed by atoms with Gasteiger partial charge < -0.3 is 19.6 Å². The molecule has 1 aromatic carbocycles. The number of aryl methyl sites for hydroxylation is 1. The van der Waals surface area contributed by atoms with Gasteiger partial charge in [0.2, 0.25) is 0 Å². The normalized spacial score (nSPS) is 12.2. The van der Waals surface area contributed by atoms with Crippen LogP contribution >= 0.6 is 0 Å². The van der Waals surface area contributed by atoms with Crippen LogP contribution < -0.4 is 15.2 Å². The Hall–Kier alpha value is -1.94. The van der Waals surface area contributed by atoms with Gasteiger partial charge in [0.15, 0.2) is 11.5 Å². The van der Waals surface area contributed by atoms with E-state index in [0.29, 0.717) is 19.0 Å². The van der Waals surface area contributed by atoms with Crippen molar-refractivity contribution >= 4 is 0 Å². The summed E-state index contributed by atoms with van der Waals surface area (Å²) in [5, 5.41) is 0. The number of hydrogen-bond acceptors (Lipinski definition) is 4. The molecule has 0 amide bonds. The van der Waals surface area contributed by atoms with Crippen molar-refractivity contribution in [3.63, 3.8) is 0 Å². The highest BCUT2D eigenvalue weighted by Gasteiger charge is 2.17. The Bertz CT molecular complexity index is 563. The van der Waals surface area contributed by atoms with Crippen LogP contribution in [0.1, 0.15) is 36.8 Å². The van der Waals surface area contributed by atoms with Crippen LogP contribution in [-0.2, 0) is 0 Å². The largest absolute Gasteiger partial charge is 0.490 e. The molecule has 1 unspecified atom stereocenters. The smallest absolute Gasteiger partial charge is 0.161 e. The van der Waals surface area contributed by atoms with Gasteiger partial charge in [-0.05, 0) is 50.1 Å². The second-order valence-electron chi connectivity index (χ2n) is 4.52. The summed E-state index contributed by atoms with van der Waals surface area (Å²) in [4.78, 5) is 0. The van der Waals surface area contributed by atoms with Gasteiger partial charge in [-0.2, -0.15) is 0 Å². The summed E-state index contributed by atoms with van der Waals surface area (Å²) < 4.78 is 16.6. The molecule has 2 aromatic rings. The third-order valence-electron chi connectivity index (χ3n) is 3.11. The van der Waals surface area contributed by atoms with Gasteiger partial charge in [-0.15, -0.1) is 0 Å². The average Bonchev–Trinajstić information content (AvgIpc) is 2.86. The SMILES string of the molecule is CCOc1ccc(C(N)c2occc2C)cc1OCC. The van der Waals surface area contributed by atoms with Crippen LogP contribution in [0.3, 0.4) is 0 Å². The Morgan fingerprint density at radius 1 is 1.10 bits per heavy atom. The molecule has 2 N–H and O–H groups in total. The maximum absolute atomic E-state index is 6.26. The first-order chi connectivity index (χ1) is 9.67. The molecule has 1 aromatic heterocycles. The van der Waals surface area contributed by atoms with Crippen LogP contribution in [-0.4, -0.2) is 13.2 Å². The van der Waals surface area contributed by atoms with Crippen LogP contribution in [0, 0.1) is 6.92 Å². The van der Waals surface area contributed by atoms with E-state index in [9.17, 15) is 0 Å². The summed E-state index contributed by atoms with van der Waals surface area (Å²) in [5.74, 6) is 2.23. The number of ether oxygens (including phenoxy) is 2. The molecular weight excluding hydrogens is 254 g/mol. The van der Waals surface area contributed by atoms with E-state index in [2.05, 4.69) is 0 Å². The Balaban J connectivity index is 2.32. The van der Waals surface area contributed by atoms with Gasteiger partial charge in [0.1, 0.15) is 5.76 Å². The van der Waals surface area contributed by atoms with E-state index in [1.807, 2.05) is 45.0 Å². The maximum atomic E-state index is 6.26. The number of hydrogen-bond donors (Lipinski definition) is 1. The van der Waals surface area contributed by atoms with E-state index >= 15 is 0 Å². The molecule has 4 heteroatoms. The summed E-state index contributed by atoms with van der Waals surface area (Å²) in [5.41, 5.74) is 8.25. The zero-order valence-corrected chi connectivity index (χ0v) is 12.2. The molecule has 2 rings (SSSR count). The molecule has 0 radical (unpaired) electrons. The highest BCUT2D eigenvalue weighted by atomic mass is 16.5. The number of nitrogens with two attached hydrogens (primary N) is 1. The quantitative estimate of drug-likeness (QED) is 0.877. The van der Waals surface area contributed by atoms with E-state index in [0.717, 1.165) is 22.6 Å². The van der Waals surface area contributed by atoms with E-state index in [-0.39, 0.29) is 6.04 Å². The Labute approximate surface area is 119 Å². The van der Waals surface area contributed by atoms with Crippen molar-refractivity contribution in [2.45, 2.75) is 26.8 Å². The first kappa shape index (κ1) is 14.5. The summed E-state index contributed by atoms with van der Waals surface area (Å²) in [7, 11) is 0. The fraction of sp³-hybridized carbons (Fsp3) is 0.375. The molecule has 0 saturated carbocycles. The molecule has 108 valence electrons. The first-order valence-corrected chi connectivity index (χ1v) is 6.86. The molecule has 4 nitrogen and oxygen atoms in total. The van der Waals surface area contributed by atoms with E-state index < -0.39 is 0 Å². The zero-order chi connectivity index (χ0) is 14.5. The van der Waals surface area contributed by atoms with Gasteiger partial charge in [0.05, 0.1) is 25.5 Å². The van der Waals surface area contributed by atoms with Crippen molar-refractivity contribution < 1.29 is 13.9 Å². The average molecular weight is 275 g/mol. The monoisotopic (exact) mass is 275 g/mol. The van der Waals surface area contributed by atoms with E-state index in [1.165, 1.54) is 0 Å². The molecule has 0 bridgehead atoms. The van der Waals surface area contributed by atoms with Gasteiger partial charge in [-0.1, -0.05) is 6.07 Å². The second kappa shape index (κ2) is 6.48. The molecule has 20 heavy (non-hydrogen) atoms. The Morgan fingerprint density at radius 3 is 2.40 bits per heavy atom. The van der Waals surface area contributed by atoms with Gasteiger partial charge in [0.25, 0.3) is 0 Å². The van der Waals surface area contributed by atoms with Crippen molar-refractivity contribution in [1.82, 2.24) is 0 Å². The second-order valence-corrected chi connectivity index (χ2v) is 4.52. The summed E-state index contributed by atoms with van der Waals surface area (Å²) in [6.45, 7) is 7.05. The van der Waals surface area contributed by atoms with Crippen LogP contribution in [0.4, 0.5) is 0 Å². The third kappa shape index (κ3) is 2.96. The first-order valence-electron chi connectivity index (χ1n) is 6.86. The Kier molecular flexibility index (Phi) is 4.69. The van der Waals surface area contributed by atoms with Crippen LogP contribution in [0.15, 0.2) is 34.9 Å². The minimum Gasteiger partial charge on any atom is -0.490 e. The molecule has 1 atom stereocenters. The molecule has 0 spiro atoms. The highest BCUT2D eigenvalue weighted by molar-refractivity contribution is 5.45. The van der Waals surface area contributed by atoms with Gasteiger partial charge in [0, 0.05) is 0 Å². The topological polar surface area (TPSA) is 57.6 Å². The number of benzene rings is 1. The molecule has 1 heterocycles. The minimum absolute atomic E-state index is 0.306. The lowest BCUT2D eigenvalue weighted by Crippen LogP contribution is -2.12. The summed E-state index contributed by atoms with van der Waals surface area (Å²) in [6, 6.07) is 7.36. The fourth-order valence-corrected chi connectivity index (χ4v) is 2.12. The fourth-order valence-electron chi connectivity index (χ4n) is 2.12. The van der Waals surface area contributed by atoms with Crippen LogP contribution in [0.25, 0.3) is 0 Å². The summed E-state index contributed by atoms with van der Waals surface area (Å²) in [6.07, 6.45) is 1.66. The lowest BCUT2D eigenvalue weighted by molar-refractivity contribution is 0.287.